The molecular formula is C21H24N2O4S2. The van der Waals surface area contributed by atoms with Gasteiger partial charge in [-0.05, 0) is 68.0 Å². The molecule has 0 radical (unpaired) electrons. The lowest BCUT2D eigenvalue weighted by molar-refractivity contribution is 0.0702. The minimum atomic E-state index is -3.56. The Balaban J connectivity index is 1.44. The number of rotatable bonds is 4. The minimum Gasteiger partial charge on any atom is -0.335 e. The Kier molecular flexibility index (Phi) is 5.59. The van der Waals surface area contributed by atoms with E-state index in [2.05, 4.69) is 0 Å². The van der Waals surface area contributed by atoms with E-state index in [9.17, 15) is 18.0 Å². The van der Waals surface area contributed by atoms with Crippen LogP contribution in [0.5, 0.6) is 0 Å². The van der Waals surface area contributed by atoms with Crippen molar-refractivity contribution in [3.05, 3.63) is 51.2 Å². The molecule has 0 unspecified atom stereocenters. The Hall–Kier alpha value is -2.03. The van der Waals surface area contributed by atoms with Crippen LogP contribution in [0.4, 0.5) is 0 Å². The first-order valence-corrected chi connectivity index (χ1v) is 12.1. The summed E-state index contributed by atoms with van der Waals surface area (Å²) in [6, 6.07) is 8.82. The molecule has 2 aromatic rings. The number of benzene rings is 1. The summed E-state index contributed by atoms with van der Waals surface area (Å²) >= 11 is 1.19. The molecule has 0 saturated carbocycles. The van der Waals surface area contributed by atoms with Crippen LogP contribution in [0.25, 0.3) is 0 Å². The van der Waals surface area contributed by atoms with Crippen LogP contribution in [0, 0.1) is 0 Å². The van der Waals surface area contributed by atoms with Crippen LogP contribution in [0.2, 0.25) is 0 Å². The molecule has 1 aromatic heterocycles. The largest absolute Gasteiger partial charge is 0.335 e. The molecule has 0 bridgehead atoms. The summed E-state index contributed by atoms with van der Waals surface area (Å²) in [5.74, 6) is -0.205. The summed E-state index contributed by atoms with van der Waals surface area (Å²) in [6.07, 6.45) is 4.22. The van der Waals surface area contributed by atoms with Crippen LogP contribution in [0.3, 0.4) is 0 Å². The molecule has 154 valence electrons. The molecule has 2 aliphatic rings. The molecule has 1 aliphatic heterocycles. The summed E-state index contributed by atoms with van der Waals surface area (Å²) in [6.45, 7) is 2.71. The van der Waals surface area contributed by atoms with Crippen molar-refractivity contribution in [2.24, 2.45) is 0 Å². The molecule has 1 amide bonds. The van der Waals surface area contributed by atoms with Gasteiger partial charge in [-0.25, -0.2) is 8.42 Å². The van der Waals surface area contributed by atoms with Crippen molar-refractivity contribution in [3.8, 4) is 0 Å². The number of Topliss-reactive ketones (excluding diaryl/α,β-unsaturated/α-hetero) is 1. The van der Waals surface area contributed by atoms with Gasteiger partial charge in [-0.1, -0.05) is 6.07 Å². The number of thiophene rings is 1. The number of ketones is 1. The Morgan fingerprint density at radius 2 is 1.55 bits per heavy atom. The van der Waals surface area contributed by atoms with Crippen LogP contribution in [0.1, 0.15) is 50.2 Å². The molecule has 0 spiro atoms. The average Bonchev–Trinajstić information content (AvgIpc) is 3.23. The van der Waals surface area contributed by atoms with Crippen LogP contribution in [-0.2, 0) is 22.9 Å². The van der Waals surface area contributed by atoms with Gasteiger partial charge < -0.3 is 4.90 Å². The SMILES string of the molecule is CC(=O)c1ccc(C(=O)N2CCN(S(=O)(=O)c3ccc4c(c3)CCCC4)CC2)s1. The Labute approximate surface area is 175 Å². The van der Waals surface area contributed by atoms with Crippen molar-refractivity contribution < 1.29 is 18.0 Å². The van der Waals surface area contributed by atoms with Gasteiger partial charge in [0.25, 0.3) is 5.91 Å². The van der Waals surface area contributed by atoms with Gasteiger partial charge in [-0.2, -0.15) is 4.31 Å². The molecule has 4 rings (SSSR count). The second-order valence-electron chi connectivity index (χ2n) is 7.55. The van der Waals surface area contributed by atoms with E-state index in [0.29, 0.717) is 27.7 Å². The quantitative estimate of drug-likeness (QED) is 0.696. The molecule has 6 nitrogen and oxygen atoms in total. The zero-order valence-corrected chi connectivity index (χ0v) is 18.0. The maximum Gasteiger partial charge on any atom is 0.264 e. The lowest BCUT2D eigenvalue weighted by Gasteiger charge is -2.34. The highest BCUT2D eigenvalue weighted by Crippen LogP contribution is 2.27. The predicted octanol–water partition coefficient (Wildman–Crippen LogP) is 2.98. The molecule has 2 heterocycles. The van der Waals surface area contributed by atoms with Crippen molar-refractivity contribution in [1.82, 2.24) is 9.21 Å². The van der Waals surface area contributed by atoms with Gasteiger partial charge in [0.2, 0.25) is 10.0 Å². The highest BCUT2D eigenvalue weighted by molar-refractivity contribution is 7.89. The number of hydrogen-bond donors (Lipinski definition) is 0. The maximum atomic E-state index is 13.1. The van der Waals surface area contributed by atoms with E-state index < -0.39 is 10.0 Å². The summed E-state index contributed by atoms with van der Waals surface area (Å²) in [4.78, 5) is 27.2. The van der Waals surface area contributed by atoms with Crippen LogP contribution in [-0.4, -0.2) is 55.5 Å². The van der Waals surface area contributed by atoms with E-state index in [1.54, 1.807) is 23.1 Å². The van der Waals surface area contributed by atoms with E-state index in [0.717, 1.165) is 31.2 Å². The van der Waals surface area contributed by atoms with Crippen LogP contribution >= 0.6 is 11.3 Å². The highest BCUT2D eigenvalue weighted by atomic mass is 32.2. The number of aryl methyl sites for hydroxylation is 2. The number of amides is 1. The van der Waals surface area contributed by atoms with Gasteiger partial charge >= 0.3 is 0 Å². The summed E-state index contributed by atoms with van der Waals surface area (Å²) in [7, 11) is -3.56. The smallest absolute Gasteiger partial charge is 0.264 e. The van der Waals surface area contributed by atoms with Gasteiger partial charge in [-0.15, -0.1) is 11.3 Å². The van der Waals surface area contributed by atoms with Crippen molar-refractivity contribution in [2.45, 2.75) is 37.5 Å². The average molecular weight is 433 g/mol. The zero-order valence-electron chi connectivity index (χ0n) is 16.4. The molecule has 8 heteroatoms. The topological polar surface area (TPSA) is 74.8 Å². The van der Waals surface area contributed by atoms with E-state index in [1.165, 1.54) is 28.1 Å². The molecule has 1 fully saturated rings. The minimum absolute atomic E-state index is 0.0602. The second kappa shape index (κ2) is 8.01. The van der Waals surface area contributed by atoms with Gasteiger partial charge in [0.05, 0.1) is 14.6 Å². The Morgan fingerprint density at radius 1 is 0.897 bits per heavy atom. The summed E-state index contributed by atoms with van der Waals surface area (Å²) in [5, 5.41) is 0. The fourth-order valence-corrected chi connectivity index (χ4v) is 6.29. The van der Waals surface area contributed by atoms with E-state index >= 15 is 0 Å². The number of carbonyl (C=O) groups excluding carboxylic acids is 2. The lowest BCUT2D eigenvalue weighted by Crippen LogP contribution is -2.50. The fraction of sp³-hybridized carbons (Fsp3) is 0.429. The van der Waals surface area contributed by atoms with E-state index in [1.807, 2.05) is 12.1 Å². The zero-order chi connectivity index (χ0) is 20.6. The summed E-state index contributed by atoms with van der Waals surface area (Å²) < 4.78 is 27.6. The molecule has 1 aromatic carbocycles. The number of carbonyl (C=O) groups is 2. The van der Waals surface area contributed by atoms with Crippen LogP contribution < -0.4 is 0 Å². The monoisotopic (exact) mass is 432 g/mol. The van der Waals surface area contributed by atoms with Gasteiger partial charge in [0, 0.05) is 26.2 Å². The molecule has 1 aliphatic carbocycles. The predicted molar refractivity (Wildman–Crippen MR) is 112 cm³/mol. The fourth-order valence-electron chi connectivity index (χ4n) is 3.95. The first kappa shape index (κ1) is 20.3. The normalized spacial score (nSPS) is 17.8. The molecule has 0 N–H and O–H groups in total. The Bertz CT molecular complexity index is 1050. The number of piperazine rings is 1. The van der Waals surface area contributed by atoms with E-state index in [4.69, 9.17) is 0 Å². The maximum absolute atomic E-state index is 13.1. The molecule has 0 atom stereocenters. The third-order valence-corrected chi connectivity index (χ3v) is 8.72. The first-order valence-electron chi connectivity index (χ1n) is 9.88. The van der Waals surface area contributed by atoms with Crippen molar-refractivity contribution in [3.63, 3.8) is 0 Å². The van der Waals surface area contributed by atoms with Crippen molar-refractivity contribution >= 4 is 33.1 Å². The van der Waals surface area contributed by atoms with Crippen molar-refractivity contribution in [1.29, 1.82) is 0 Å². The molecule has 1 saturated heterocycles. The lowest BCUT2D eigenvalue weighted by atomic mass is 9.92. The number of sulfonamides is 1. The summed E-state index contributed by atoms with van der Waals surface area (Å²) in [5.41, 5.74) is 2.40. The Morgan fingerprint density at radius 3 is 2.21 bits per heavy atom. The number of nitrogens with zero attached hydrogens (tertiary/aromatic N) is 2. The highest BCUT2D eigenvalue weighted by Gasteiger charge is 2.31. The standard InChI is InChI=1S/C21H24N2O4S2/c1-15(24)19-8-9-20(28-19)21(25)22-10-12-23(13-11-22)29(26,27)18-7-6-16-4-2-3-5-17(16)14-18/h6-9,14H,2-5,10-13H2,1H3. The van der Waals surface area contributed by atoms with E-state index in [-0.39, 0.29) is 24.8 Å². The van der Waals surface area contributed by atoms with Crippen LogP contribution in [0.15, 0.2) is 35.2 Å². The first-order chi connectivity index (χ1) is 13.9. The van der Waals surface area contributed by atoms with Gasteiger partial charge in [0.15, 0.2) is 5.78 Å². The number of fused-ring (bicyclic) bond motifs is 1. The van der Waals surface area contributed by atoms with Crippen molar-refractivity contribution in [2.75, 3.05) is 26.2 Å². The third kappa shape index (κ3) is 4.01. The van der Waals surface area contributed by atoms with Gasteiger partial charge in [-0.3, -0.25) is 9.59 Å². The third-order valence-electron chi connectivity index (χ3n) is 5.65. The second-order valence-corrected chi connectivity index (χ2v) is 10.6. The molecule has 29 heavy (non-hydrogen) atoms. The number of hydrogen-bond acceptors (Lipinski definition) is 5. The van der Waals surface area contributed by atoms with Gasteiger partial charge in [0.1, 0.15) is 0 Å². The molecular weight excluding hydrogens is 408 g/mol.